The van der Waals surface area contributed by atoms with Crippen molar-refractivity contribution in [3.05, 3.63) is 0 Å². The Morgan fingerprint density at radius 3 is 2.77 bits per heavy atom. The Morgan fingerprint density at radius 1 is 1.36 bits per heavy atom. The average molecular weight is 329 g/mol. The van der Waals surface area contributed by atoms with Gasteiger partial charge in [0.25, 0.3) is 0 Å². The second-order valence-electron chi connectivity index (χ2n) is 6.94. The lowest BCUT2D eigenvalue weighted by Gasteiger charge is -2.16. The van der Waals surface area contributed by atoms with Gasteiger partial charge in [-0.3, -0.25) is 4.99 Å². The second-order valence-corrected chi connectivity index (χ2v) is 9.17. The zero-order valence-corrected chi connectivity index (χ0v) is 14.1. The van der Waals surface area contributed by atoms with Gasteiger partial charge in [0.1, 0.15) is 0 Å². The summed E-state index contributed by atoms with van der Waals surface area (Å²) >= 11 is 0. The van der Waals surface area contributed by atoms with E-state index in [0.29, 0.717) is 24.3 Å². The highest BCUT2D eigenvalue weighted by Gasteiger charge is 2.33. The zero-order chi connectivity index (χ0) is 15.6. The molecule has 0 spiro atoms. The molecule has 6 nitrogen and oxygen atoms in total. The fraction of sp³-hybridized carbons (Fsp3) is 0.933. The summed E-state index contributed by atoms with van der Waals surface area (Å²) in [6.07, 6.45) is 4.42. The summed E-state index contributed by atoms with van der Waals surface area (Å²) in [5, 5.41) is 6.81. The van der Waals surface area contributed by atoms with E-state index in [4.69, 9.17) is 4.74 Å². The van der Waals surface area contributed by atoms with Crippen molar-refractivity contribution < 1.29 is 13.2 Å². The predicted molar refractivity (Wildman–Crippen MR) is 86.7 cm³/mol. The number of hydrogen-bond acceptors (Lipinski definition) is 4. The van der Waals surface area contributed by atoms with E-state index < -0.39 is 9.84 Å². The van der Waals surface area contributed by atoms with Crippen LogP contribution in [0.3, 0.4) is 0 Å². The van der Waals surface area contributed by atoms with E-state index in [2.05, 4.69) is 22.5 Å². The monoisotopic (exact) mass is 329 g/mol. The Hall–Kier alpha value is -0.820. The smallest absolute Gasteiger partial charge is 0.191 e. The molecular formula is C15H27N3O3S. The maximum absolute atomic E-state index is 11.5. The van der Waals surface area contributed by atoms with Gasteiger partial charge in [0, 0.05) is 25.7 Å². The first-order chi connectivity index (χ1) is 10.5. The Labute approximate surface area is 133 Å². The number of nitrogens with one attached hydrogen (secondary N) is 2. The van der Waals surface area contributed by atoms with Crippen molar-refractivity contribution in [1.82, 2.24) is 10.6 Å². The lowest BCUT2D eigenvalue weighted by molar-refractivity contribution is 0.113. The van der Waals surface area contributed by atoms with Crippen molar-refractivity contribution in [2.24, 2.45) is 16.8 Å². The van der Waals surface area contributed by atoms with Gasteiger partial charge >= 0.3 is 0 Å². The number of hydrogen-bond donors (Lipinski definition) is 2. The summed E-state index contributed by atoms with van der Waals surface area (Å²) in [6, 6.07) is 0.503. The largest absolute Gasteiger partial charge is 0.376 e. The van der Waals surface area contributed by atoms with Crippen LogP contribution in [0.4, 0.5) is 0 Å². The van der Waals surface area contributed by atoms with Crippen molar-refractivity contribution in [3.63, 3.8) is 0 Å². The van der Waals surface area contributed by atoms with Crippen LogP contribution in [0, 0.1) is 11.8 Å². The molecule has 22 heavy (non-hydrogen) atoms. The normalized spacial score (nSPS) is 37.2. The molecule has 0 amide bonds. The molecule has 0 aromatic carbocycles. The van der Waals surface area contributed by atoms with Gasteiger partial charge in [-0.15, -0.1) is 0 Å². The molecule has 2 saturated heterocycles. The summed E-state index contributed by atoms with van der Waals surface area (Å²) in [7, 11) is -2.82. The van der Waals surface area contributed by atoms with Crippen molar-refractivity contribution in [1.29, 1.82) is 0 Å². The first-order valence-electron chi connectivity index (χ1n) is 8.39. The molecule has 0 bridgehead atoms. The third-order valence-corrected chi connectivity index (χ3v) is 6.62. The van der Waals surface area contributed by atoms with Crippen molar-refractivity contribution in [2.75, 3.05) is 31.2 Å². The van der Waals surface area contributed by atoms with Crippen LogP contribution in [-0.4, -0.2) is 57.7 Å². The highest BCUT2D eigenvalue weighted by molar-refractivity contribution is 7.91. The van der Waals surface area contributed by atoms with E-state index in [0.717, 1.165) is 38.4 Å². The number of ether oxygens (including phenoxy) is 1. The molecule has 4 atom stereocenters. The Morgan fingerprint density at radius 2 is 2.18 bits per heavy atom. The molecule has 0 aromatic rings. The fourth-order valence-corrected chi connectivity index (χ4v) is 4.95. The van der Waals surface area contributed by atoms with Gasteiger partial charge in [0.15, 0.2) is 15.8 Å². The molecule has 0 radical (unpaired) electrons. The van der Waals surface area contributed by atoms with Gasteiger partial charge < -0.3 is 15.4 Å². The van der Waals surface area contributed by atoms with E-state index in [1.807, 2.05) is 0 Å². The van der Waals surface area contributed by atoms with Gasteiger partial charge in [-0.2, -0.15) is 0 Å². The minimum atomic E-state index is -2.82. The lowest BCUT2D eigenvalue weighted by Crippen LogP contribution is -2.42. The Kier molecular flexibility index (Phi) is 4.92. The molecule has 1 aliphatic carbocycles. The standard InChI is InChI=1S/C15H27N3O3S/c1-11-7-14(11)18-15(17-9-13-3-2-5-21-13)16-8-12-4-6-22(19,20)10-12/h11-14H,2-10H2,1H3,(H2,16,17,18). The van der Waals surface area contributed by atoms with E-state index in [-0.39, 0.29) is 17.8 Å². The molecule has 4 unspecified atom stereocenters. The van der Waals surface area contributed by atoms with Crippen LogP contribution >= 0.6 is 0 Å². The van der Waals surface area contributed by atoms with Crippen molar-refractivity contribution >= 4 is 15.8 Å². The third kappa shape index (κ3) is 4.59. The van der Waals surface area contributed by atoms with Crippen LogP contribution < -0.4 is 10.6 Å². The van der Waals surface area contributed by atoms with Crippen LogP contribution in [0.1, 0.15) is 32.6 Å². The lowest BCUT2D eigenvalue weighted by atomic mass is 10.1. The fourth-order valence-electron chi connectivity index (χ4n) is 3.10. The number of guanidine groups is 1. The molecule has 2 N–H and O–H groups in total. The average Bonchev–Trinajstić information content (AvgIpc) is 2.89. The number of rotatable bonds is 5. The summed E-state index contributed by atoms with van der Waals surface area (Å²) < 4.78 is 28.7. The summed E-state index contributed by atoms with van der Waals surface area (Å²) in [5.41, 5.74) is 0. The Balaban J connectivity index is 1.51. The first kappa shape index (κ1) is 16.1. The van der Waals surface area contributed by atoms with Gasteiger partial charge in [-0.1, -0.05) is 6.92 Å². The van der Waals surface area contributed by atoms with Crippen LogP contribution in [0.5, 0.6) is 0 Å². The van der Waals surface area contributed by atoms with Gasteiger partial charge in [-0.25, -0.2) is 8.42 Å². The maximum atomic E-state index is 11.5. The van der Waals surface area contributed by atoms with Gasteiger partial charge in [-0.05, 0) is 37.5 Å². The van der Waals surface area contributed by atoms with E-state index in [9.17, 15) is 8.42 Å². The molecular weight excluding hydrogens is 302 g/mol. The molecule has 3 fully saturated rings. The zero-order valence-electron chi connectivity index (χ0n) is 13.3. The molecule has 0 aromatic heterocycles. The SMILES string of the molecule is CC1CC1NC(=NCC1CCS(=O)(=O)C1)NCC1CCCO1. The molecule has 7 heteroatoms. The number of sulfone groups is 1. The Bertz CT molecular complexity index is 514. The molecule has 2 aliphatic heterocycles. The van der Waals surface area contributed by atoms with Crippen molar-refractivity contribution in [3.8, 4) is 0 Å². The molecule has 1 saturated carbocycles. The third-order valence-electron chi connectivity index (χ3n) is 4.79. The molecule has 2 heterocycles. The quantitative estimate of drug-likeness (QED) is 0.569. The van der Waals surface area contributed by atoms with Gasteiger partial charge in [0.2, 0.25) is 0 Å². The maximum Gasteiger partial charge on any atom is 0.191 e. The summed E-state index contributed by atoms with van der Waals surface area (Å²) in [4.78, 5) is 4.62. The van der Waals surface area contributed by atoms with E-state index in [1.165, 1.54) is 6.42 Å². The minimum absolute atomic E-state index is 0.169. The van der Waals surface area contributed by atoms with Gasteiger partial charge in [0.05, 0.1) is 17.6 Å². The highest BCUT2D eigenvalue weighted by Crippen LogP contribution is 2.28. The van der Waals surface area contributed by atoms with E-state index >= 15 is 0 Å². The summed E-state index contributed by atoms with van der Waals surface area (Å²) in [5.74, 6) is 2.28. The van der Waals surface area contributed by atoms with E-state index in [1.54, 1.807) is 0 Å². The van der Waals surface area contributed by atoms with Crippen molar-refractivity contribution in [2.45, 2.75) is 44.8 Å². The minimum Gasteiger partial charge on any atom is -0.376 e. The van der Waals surface area contributed by atoms with Crippen LogP contribution in [0.2, 0.25) is 0 Å². The first-order valence-corrected chi connectivity index (χ1v) is 10.2. The highest BCUT2D eigenvalue weighted by atomic mass is 32.2. The number of aliphatic imine (C=N–C) groups is 1. The number of nitrogens with zero attached hydrogens (tertiary/aromatic N) is 1. The van der Waals surface area contributed by atoms with Crippen LogP contribution in [0.25, 0.3) is 0 Å². The molecule has 3 rings (SSSR count). The van der Waals surface area contributed by atoms with Crippen LogP contribution in [-0.2, 0) is 14.6 Å². The van der Waals surface area contributed by atoms with Crippen LogP contribution in [0.15, 0.2) is 4.99 Å². The summed E-state index contributed by atoms with van der Waals surface area (Å²) in [6.45, 7) is 4.43. The predicted octanol–water partition coefficient (Wildman–Crippen LogP) is 0.544. The molecule has 126 valence electrons. The molecule has 3 aliphatic rings. The topological polar surface area (TPSA) is 79.8 Å². The second kappa shape index (κ2) is 6.74.